The SMILES string of the molecule is COc1cccc(CCC(=O)N2CCN(CC(=O)c3ccccc3)CC2)c1. The van der Waals surface area contributed by atoms with Crippen LogP contribution in [0.2, 0.25) is 0 Å². The van der Waals surface area contributed by atoms with Gasteiger partial charge in [0.25, 0.3) is 0 Å². The third kappa shape index (κ3) is 5.41. The van der Waals surface area contributed by atoms with Crippen LogP contribution >= 0.6 is 0 Å². The summed E-state index contributed by atoms with van der Waals surface area (Å²) in [5, 5.41) is 0. The molecule has 0 unspecified atom stereocenters. The predicted octanol–water partition coefficient (Wildman–Crippen LogP) is 2.65. The van der Waals surface area contributed by atoms with Crippen molar-refractivity contribution >= 4 is 11.7 Å². The van der Waals surface area contributed by atoms with Crippen molar-refractivity contribution in [2.24, 2.45) is 0 Å². The highest BCUT2D eigenvalue weighted by Crippen LogP contribution is 2.15. The molecule has 1 aliphatic rings. The van der Waals surface area contributed by atoms with Gasteiger partial charge in [-0.05, 0) is 24.1 Å². The molecule has 1 fully saturated rings. The van der Waals surface area contributed by atoms with Gasteiger partial charge in [-0.1, -0.05) is 42.5 Å². The molecule has 5 heteroatoms. The summed E-state index contributed by atoms with van der Waals surface area (Å²) in [5.41, 5.74) is 1.85. The first-order chi connectivity index (χ1) is 13.2. The van der Waals surface area contributed by atoms with E-state index in [0.717, 1.165) is 30.0 Å². The van der Waals surface area contributed by atoms with E-state index in [1.165, 1.54) is 0 Å². The van der Waals surface area contributed by atoms with Crippen molar-refractivity contribution in [2.45, 2.75) is 12.8 Å². The Morgan fingerprint density at radius 2 is 1.70 bits per heavy atom. The summed E-state index contributed by atoms with van der Waals surface area (Å²) in [6.45, 7) is 3.25. The third-order valence-corrected chi connectivity index (χ3v) is 4.95. The van der Waals surface area contributed by atoms with Gasteiger partial charge < -0.3 is 9.64 Å². The number of rotatable bonds is 7. The Hall–Kier alpha value is -2.66. The standard InChI is InChI=1S/C22H26N2O3/c1-27-20-9-5-6-18(16-20)10-11-22(26)24-14-12-23(13-15-24)17-21(25)19-7-3-2-4-8-19/h2-9,16H,10-15,17H2,1H3. The average Bonchev–Trinajstić information content (AvgIpc) is 2.73. The zero-order chi connectivity index (χ0) is 19.1. The van der Waals surface area contributed by atoms with Crippen LogP contribution in [-0.2, 0) is 11.2 Å². The summed E-state index contributed by atoms with van der Waals surface area (Å²) in [5.74, 6) is 1.12. The van der Waals surface area contributed by atoms with Gasteiger partial charge in [-0.3, -0.25) is 14.5 Å². The number of hydrogen-bond acceptors (Lipinski definition) is 4. The number of hydrogen-bond donors (Lipinski definition) is 0. The summed E-state index contributed by atoms with van der Waals surface area (Å²) in [6.07, 6.45) is 1.21. The van der Waals surface area contributed by atoms with E-state index in [1.807, 2.05) is 59.5 Å². The number of carbonyl (C=O) groups excluding carboxylic acids is 2. The van der Waals surface area contributed by atoms with Gasteiger partial charge >= 0.3 is 0 Å². The quantitative estimate of drug-likeness (QED) is 0.707. The van der Waals surface area contributed by atoms with Gasteiger partial charge in [0.2, 0.25) is 5.91 Å². The maximum atomic E-state index is 12.5. The van der Waals surface area contributed by atoms with E-state index in [0.29, 0.717) is 32.5 Å². The number of benzene rings is 2. The lowest BCUT2D eigenvalue weighted by atomic mass is 10.1. The Balaban J connectivity index is 1.43. The molecule has 0 aromatic heterocycles. The van der Waals surface area contributed by atoms with E-state index in [2.05, 4.69) is 4.90 Å². The zero-order valence-electron chi connectivity index (χ0n) is 15.8. The molecule has 0 saturated carbocycles. The van der Waals surface area contributed by atoms with Gasteiger partial charge in [0.15, 0.2) is 5.78 Å². The van der Waals surface area contributed by atoms with Gasteiger partial charge in [0.05, 0.1) is 13.7 Å². The van der Waals surface area contributed by atoms with Crippen LogP contribution in [0, 0.1) is 0 Å². The minimum atomic E-state index is 0.133. The van der Waals surface area contributed by atoms with E-state index in [-0.39, 0.29) is 11.7 Å². The number of nitrogens with zero attached hydrogens (tertiary/aromatic N) is 2. The Labute approximate surface area is 160 Å². The van der Waals surface area contributed by atoms with Crippen molar-refractivity contribution in [3.8, 4) is 5.75 Å². The van der Waals surface area contributed by atoms with Crippen molar-refractivity contribution in [2.75, 3.05) is 39.8 Å². The molecule has 0 N–H and O–H groups in total. The van der Waals surface area contributed by atoms with E-state index in [9.17, 15) is 9.59 Å². The van der Waals surface area contributed by atoms with Gasteiger partial charge in [-0.25, -0.2) is 0 Å². The molecule has 2 aromatic rings. The van der Waals surface area contributed by atoms with Crippen molar-refractivity contribution < 1.29 is 14.3 Å². The summed E-state index contributed by atoms with van der Waals surface area (Å²) >= 11 is 0. The normalized spacial score (nSPS) is 14.8. The highest BCUT2D eigenvalue weighted by Gasteiger charge is 2.22. The van der Waals surface area contributed by atoms with Crippen LogP contribution in [0.4, 0.5) is 0 Å². The first-order valence-corrected chi connectivity index (χ1v) is 9.37. The first kappa shape index (κ1) is 19.1. The lowest BCUT2D eigenvalue weighted by molar-refractivity contribution is -0.132. The minimum absolute atomic E-state index is 0.133. The first-order valence-electron chi connectivity index (χ1n) is 9.37. The van der Waals surface area contributed by atoms with E-state index in [1.54, 1.807) is 7.11 Å². The van der Waals surface area contributed by atoms with Crippen molar-refractivity contribution in [3.63, 3.8) is 0 Å². The zero-order valence-corrected chi connectivity index (χ0v) is 15.8. The fourth-order valence-electron chi connectivity index (χ4n) is 3.31. The molecule has 0 aliphatic carbocycles. The number of ether oxygens (including phenoxy) is 1. The topological polar surface area (TPSA) is 49.9 Å². The molecule has 1 amide bonds. The smallest absolute Gasteiger partial charge is 0.222 e. The van der Waals surface area contributed by atoms with Crippen LogP contribution in [0.5, 0.6) is 5.75 Å². The molecule has 142 valence electrons. The molecule has 1 aliphatic heterocycles. The van der Waals surface area contributed by atoms with Gasteiger partial charge in [-0.15, -0.1) is 0 Å². The second-order valence-corrected chi connectivity index (χ2v) is 6.80. The van der Waals surface area contributed by atoms with Gasteiger partial charge in [-0.2, -0.15) is 0 Å². The number of methoxy groups -OCH3 is 1. The van der Waals surface area contributed by atoms with Crippen molar-refractivity contribution in [1.29, 1.82) is 0 Å². The van der Waals surface area contributed by atoms with Crippen LogP contribution in [0.15, 0.2) is 54.6 Å². The Kier molecular flexibility index (Phi) is 6.60. The summed E-state index contributed by atoms with van der Waals surface area (Å²) in [4.78, 5) is 28.8. The second kappa shape index (κ2) is 9.33. The van der Waals surface area contributed by atoms with E-state index >= 15 is 0 Å². The highest BCUT2D eigenvalue weighted by molar-refractivity contribution is 5.97. The molecule has 3 rings (SSSR count). The van der Waals surface area contributed by atoms with E-state index < -0.39 is 0 Å². The molecule has 2 aromatic carbocycles. The fourth-order valence-corrected chi connectivity index (χ4v) is 3.31. The Bertz CT molecular complexity index is 768. The number of amides is 1. The fraction of sp³-hybridized carbons (Fsp3) is 0.364. The molecule has 0 atom stereocenters. The number of carbonyl (C=O) groups is 2. The molecule has 0 radical (unpaired) electrons. The molecular weight excluding hydrogens is 340 g/mol. The molecular formula is C22H26N2O3. The largest absolute Gasteiger partial charge is 0.497 e. The minimum Gasteiger partial charge on any atom is -0.497 e. The second-order valence-electron chi connectivity index (χ2n) is 6.80. The van der Waals surface area contributed by atoms with E-state index in [4.69, 9.17) is 4.74 Å². The summed E-state index contributed by atoms with van der Waals surface area (Å²) in [6, 6.07) is 17.2. The molecule has 5 nitrogen and oxygen atoms in total. The molecule has 0 bridgehead atoms. The van der Waals surface area contributed by atoms with Crippen LogP contribution in [-0.4, -0.2) is 61.3 Å². The average molecular weight is 366 g/mol. The maximum absolute atomic E-state index is 12.5. The van der Waals surface area contributed by atoms with Gasteiger partial charge in [0, 0.05) is 38.2 Å². The van der Waals surface area contributed by atoms with Crippen LogP contribution in [0.25, 0.3) is 0 Å². The summed E-state index contributed by atoms with van der Waals surface area (Å²) < 4.78 is 5.22. The van der Waals surface area contributed by atoms with Gasteiger partial charge in [0.1, 0.15) is 5.75 Å². The number of Topliss-reactive ketones (excluding diaryl/α,β-unsaturated/α-hetero) is 1. The summed E-state index contributed by atoms with van der Waals surface area (Å²) in [7, 11) is 1.65. The lowest BCUT2D eigenvalue weighted by Crippen LogP contribution is -2.49. The predicted molar refractivity (Wildman–Crippen MR) is 105 cm³/mol. The van der Waals surface area contributed by atoms with Crippen LogP contribution in [0.3, 0.4) is 0 Å². The Morgan fingerprint density at radius 3 is 2.41 bits per heavy atom. The monoisotopic (exact) mass is 366 g/mol. The van der Waals surface area contributed by atoms with Crippen LogP contribution < -0.4 is 4.74 Å². The highest BCUT2D eigenvalue weighted by atomic mass is 16.5. The van der Waals surface area contributed by atoms with Crippen molar-refractivity contribution in [1.82, 2.24) is 9.80 Å². The number of ketones is 1. The molecule has 1 heterocycles. The molecule has 27 heavy (non-hydrogen) atoms. The molecule has 1 saturated heterocycles. The third-order valence-electron chi connectivity index (χ3n) is 4.95. The maximum Gasteiger partial charge on any atom is 0.222 e. The molecule has 0 spiro atoms. The Morgan fingerprint density at radius 1 is 0.963 bits per heavy atom. The number of piperazine rings is 1. The van der Waals surface area contributed by atoms with Crippen LogP contribution in [0.1, 0.15) is 22.3 Å². The lowest BCUT2D eigenvalue weighted by Gasteiger charge is -2.34. The number of aryl methyl sites for hydroxylation is 1. The van der Waals surface area contributed by atoms with Crippen molar-refractivity contribution in [3.05, 3.63) is 65.7 Å².